The molecule has 1 saturated heterocycles. The normalized spacial score (nSPS) is 38.2. The highest BCUT2D eigenvalue weighted by Gasteiger charge is 2.82. The lowest BCUT2D eigenvalue weighted by Gasteiger charge is -2.54. The standard InChI is InChI=1S/C25H34O5/c1-6-7-8-9-10-11-12-13-20(26)29-19-14-15-24(5,28)23(4)16-18(17(2)3)21(27)22-25(19,23)30-22/h8-13,19,22,28H,6-7,14-16H2,1-5H3/b9-8+,11-10+,13-12+/t19-,22-,23+,24-,25-/m1/s1. The number of carbonyl (C=O) groups is 2. The summed E-state index contributed by atoms with van der Waals surface area (Å²) in [6.45, 7) is 9.71. The van der Waals surface area contributed by atoms with Crippen molar-refractivity contribution in [1.82, 2.24) is 0 Å². The maximum atomic E-state index is 12.9. The van der Waals surface area contributed by atoms with Crippen molar-refractivity contribution in [3.63, 3.8) is 0 Å². The van der Waals surface area contributed by atoms with Crippen LogP contribution < -0.4 is 0 Å². The predicted octanol–water partition coefficient (Wildman–Crippen LogP) is 4.36. The summed E-state index contributed by atoms with van der Waals surface area (Å²) >= 11 is 0. The second kappa shape index (κ2) is 8.27. The van der Waals surface area contributed by atoms with Gasteiger partial charge in [0, 0.05) is 11.5 Å². The molecular weight excluding hydrogens is 380 g/mol. The van der Waals surface area contributed by atoms with Crippen molar-refractivity contribution in [2.45, 2.75) is 90.1 Å². The summed E-state index contributed by atoms with van der Waals surface area (Å²) in [6, 6.07) is 0. The Morgan fingerprint density at radius 1 is 1.23 bits per heavy atom. The molecule has 0 amide bonds. The average molecular weight is 415 g/mol. The van der Waals surface area contributed by atoms with Gasteiger partial charge in [0.2, 0.25) is 0 Å². The summed E-state index contributed by atoms with van der Waals surface area (Å²) in [6.07, 6.45) is 13.0. The van der Waals surface area contributed by atoms with Crippen LogP contribution in [0.5, 0.6) is 0 Å². The quantitative estimate of drug-likeness (QED) is 0.302. The van der Waals surface area contributed by atoms with Crippen molar-refractivity contribution in [1.29, 1.82) is 0 Å². The minimum atomic E-state index is -1.02. The minimum absolute atomic E-state index is 0.0384. The molecule has 0 aromatic rings. The van der Waals surface area contributed by atoms with E-state index in [1.54, 1.807) is 19.1 Å². The van der Waals surface area contributed by atoms with E-state index in [0.717, 1.165) is 24.0 Å². The zero-order chi connectivity index (χ0) is 22.2. The third-order valence-electron chi connectivity index (χ3n) is 7.15. The highest BCUT2D eigenvalue weighted by molar-refractivity contribution is 6.04. The molecule has 1 heterocycles. The molecule has 1 aliphatic heterocycles. The minimum Gasteiger partial charge on any atom is -0.456 e. The van der Waals surface area contributed by atoms with Gasteiger partial charge in [-0.05, 0) is 52.0 Å². The fraction of sp³-hybridized carbons (Fsp3) is 0.600. The van der Waals surface area contributed by atoms with Gasteiger partial charge in [0.1, 0.15) is 11.7 Å². The fourth-order valence-electron chi connectivity index (χ4n) is 5.03. The average Bonchev–Trinajstić information content (AvgIpc) is 3.44. The number of esters is 1. The molecule has 2 aliphatic carbocycles. The number of ketones is 1. The van der Waals surface area contributed by atoms with E-state index in [0.29, 0.717) is 19.3 Å². The van der Waals surface area contributed by atoms with Crippen molar-refractivity contribution in [3.05, 3.63) is 47.6 Å². The van der Waals surface area contributed by atoms with Crippen LogP contribution in [0.3, 0.4) is 0 Å². The number of hydrogen-bond acceptors (Lipinski definition) is 5. The van der Waals surface area contributed by atoms with Crippen LogP contribution in [0.25, 0.3) is 0 Å². The number of carbonyl (C=O) groups excluding carboxylic acids is 2. The van der Waals surface area contributed by atoms with Crippen molar-refractivity contribution in [2.24, 2.45) is 5.41 Å². The first kappa shape index (κ1) is 22.7. The molecule has 5 atom stereocenters. The van der Waals surface area contributed by atoms with E-state index in [1.165, 1.54) is 6.08 Å². The Kier molecular flexibility index (Phi) is 6.26. The Bertz CT molecular complexity index is 826. The first-order chi connectivity index (χ1) is 14.1. The van der Waals surface area contributed by atoms with Crippen LogP contribution in [0.4, 0.5) is 0 Å². The topological polar surface area (TPSA) is 76.1 Å². The molecule has 1 N–H and O–H groups in total. The van der Waals surface area contributed by atoms with Crippen LogP contribution in [0.2, 0.25) is 0 Å². The van der Waals surface area contributed by atoms with Gasteiger partial charge in [-0.15, -0.1) is 0 Å². The van der Waals surface area contributed by atoms with Crippen LogP contribution in [0, 0.1) is 5.41 Å². The van der Waals surface area contributed by atoms with Crippen LogP contribution in [-0.4, -0.2) is 40.3 Å². The molecule has 0 unspecified atom stereocenters. The molecule has 0 aromatic heterocycles. The zero-order valence-electron chi connectivity index (χ0n) is 18.7. The Hall–Kier alpha value is -1.98. The summed E-state index contributed by atoms with van der Waals surface area (Å²) in [7, 11) is 0. The van der Waals surface area contributed by atoms with Crippen LogP contribution in [0.15, 0.2) is 47.6 Å². The zero-order valence-corrected chi connectivity index (χ0v) is 18.7. The lowest BCUT2D eigenvalue weighted by atomic mass is 9.51. The summed E-state index contributed by atoms with van der Waals surface area (Å²) in [5.41, 5.74) is -1.00. The molecule has 0 bridgehead atoms. The van der Waals surface area contributed by atoms with Gasteiger partial charge < -0.3 is 14.6 Å². The Morgan fingerprint density at radius 2 is 1.93 bits per heavy atom. The number of unbranched alkanes of at least 4 members (excludes halogenated alkanes) is 1. The molecule has 0 radical (unpaired) electrons. The first-order valence-corrected chi connectivity index (χ1v) is 10.9. The molecule has 164 valence electrons. The molecule has 3 fully saturated rings. The molecular formula is C25H34O5. The number of ether oxygens (including phenoxy) is 2. The van der Waals surface area contributed by atoms with Gasteiger partial charge in [-0.1, -0.05) is 56.2 Å². The van der Waals surface area contributed by atoms with Gasteiger partial charge in [-0.3, -0.25) is 4.79 Å². The van der Waals surface area contributed by atoms with E-state index in [4.69, 9.17) is 9.47 Å². The van der Waals surface area contributed by atoms with Gasteiger partial charge in [0.05, 0.1) is 5.60 Å². The largest absolute Gasteiger partial charge is 0.456 e. The fourth-order valence-corrected chi connectivity index (χ4v) is 5.03. The molecule has 5 heteroatoms. The SMILES string of the molecule is CCC/C=C/C=C/C=C/C(=O)O[C@@H]1CC[C@@](C)(O)[C@]2(C)CC(=C(C)C)C(=O)[C@H]3O[C@@]312. The molecule has 1 spiro atoms. The van der Waals surface area contributed by atoms with E-state index in [-0.39, 0.29) is 5.78 Å². The lowest BCUT2D eigenvalue weighted by Crippen LogP contribution is -2.66. The number of Topliss-reactive ketones (excluding diaryl/α,β-unsaturated/α-hetero) is 1. The monoisotopic (exact) mass is 414 g/mol. The van der Waals surface area contributed by atoms with Gasteiger partial charge >= 0.3 is 5.97 Å². The number of allylic oxidation sites excluding steroid dienone is 6. The van der Waals surface area contributed by atoms with Crippen LogP contribution in [0.1, 0.15) is 66.7 Å². The highest BCUT2D eigenvalue weighted by Crippen LogP contribution is 2.68. The second-order valence-corrected chi connectivity index (χ2v) is 9.34. The van der Waals surface area contributed by atoms with E-state index < -0.39 is 34.8 Å². The predicted molar refractivity (Wildman–Crippen MR) is 116 cm³/mol. The van der Waals surface area contributed by atoms with Crippen molar-refractivity contribution >= 4 is 11.8 Å². The van der Waals surface area contributed by atoms with E-state index >= 15 is 0 Å². The molecule has 3 aliphatic rings. The van der Waals surface area contributed by atoms with E-state index in [2.05, 4.69) is 13.0 Å². The molecule has 0 aromatic carbocycles. The first-order valence-electron chi connectivity index (χ1n) is 10.9. The summed E-state index contributed by atoms with van der Waals surface area (Å²) in [5.74, 6) is -0.501. The van der Waals surface area contributed by atoms with Gasteiger partial charge in [-0.2, -0.15) is 0 Å². The Morgan fingerprint density at radius 3 is 2.60 bits per heavy atom. The Balaban J connectivity index is 1.76. The summed E-state index contributed by atoms with van der Waals surface area (Å²) in [4.78, 5) is 25.4. The lowest BCUT2D eigenvalue weighted by molar-refractivity contribution is -0.191. The molecule has 3 rings (SSSR count). The number of aliphatic hydroxyl groups is 1. The maximum absolute atomic E-state index is 12.9. The van der Waals surface area contributed by atoms with E-state index in [1.807, 2.05) is 32.9 Å². The smallest absolute Gasteiger partial charge is 0.331 e. The molecule has 30 heavy (non-hydrogen) atoms. The third-order valence-corrected chi connectivity index (χ3v) is 7.15. The van der Waals surface area contributed by atoms with Crippen molar-refractivity contribution in [3.8, 4) is 0 Å². The van der Waals surface area contributed by atoms with Gasteiger partial charge in [0.25, 0.3) is 0 Å². The summed E-state index contributed by atoms with van der Waals surface area (Å²) < 4.78 is 11.8. The van der Waals surface area contributed by atoms with Gasteiger partial charge in [0.15, 0.2) is 11.9 Å². The molecule has 2 saturated carbocycles. The van der Waals surface area contributed by atoms with Gasteiger partial charge in [-0.25, -0.2) is 4.79 Å². The highest BCUT2D eigenvalue weighted by atomic mass is 16.7. The number of hydrogen-bond donors (Lipinski definition) is 1. The number of rotatable bonds is 6. The third kappa shape index (κ3) is 3.63. The van der Waals surface area contributed by atoms with E-state index in [9.17, 15) is 14.7 Å². The maximum Gasteiger partial charge on any atom is 0.331 e. The molecule has 5 nitrogen and oxygen atoms in total. The summed E-state index contributed by atoms with van der Waals surface area (Å²) in [5, 5.41) is 11.2. The number of epoxide rings is 1. The van der Waals surface area contributed by atoms with Crippen molar-refractivity contribution in [2.75, 3.05) is 0 Å². The van der Waals surface area contributed by atoms with Crippen molar-refractivity contribution < 1.29 is 24.2 Å². The Labute approximate surface area is 179 Å². The van der Waals surface area contributed by atoms with Crippen LogP contribution in [-0.2, 0) is 19.1 Å². The second-order valence-electron chi connectivity index (χ2n) is 9.34. The van der Waals surface area contributed by atoms with Crippen LogP contribution >= 0.6 is 0 Å².